The van der Waals surface area contributed by atoms with Crippen molar-refractivity contribution >= 4 is 57.2 Å². The van der Waals surface area contributed by atoms with E-state index < -0.39 is 29.9 Å². The molecule has 3 unspecified atom stereocenters. The van der Waals surface area contributed by atoms with Crippen LogP contribution < -0.4 is 11.5 Å². The van der Waals surface area contributed by atoms with Crippen LogP contribution >= 0.6 is 0 Å². The minimum atomic E-state index is -1.15. The number of carbonyl (C=O) groups is 2. The number of furan rings is 2. The maximum Gasteiger partial charge on any atom is 0.330 e. The van der Waals surface area contributed by atoms with E-state index >= 15 is 0 Å². The first-order valence-electron chi connectivity index (χ1n) is 15.4. The quantitative estimate of drug-likeness (QED) is 0.175. The number of hydrogen-bond donors (Lipinski definition) is 3. The second-order valence-electron chi connectivity index (χ2n) is 11.6. The molecule has 8 heterocycles. The fraction of sp³-hybridized carbons (Fsp3) is 0.267. The number of fused-ring (bicyclic) bond motifs is 6. The third-order valence-electron chi connectivity index (χ3n) is 8.47. The molecule has 8 aromatic heterocycles. The lowest BCUT2D eigenvalue weighted by Gasteiger charge is -2.20. The normalized spacial score (nSPS) is 13.8. The van der Waals surface area contributed by atoms with Gasteiger partial charge in [-0.3, -0.25) is 0 Å². The molecule has 0 saturated carbocycles. The minimum absolute atomic E-state index is 0.00100. The molecule has 0 aliphatic rings. The second kappa shape index (κ2) is 11.4. The summed E-state index contributed by atoms with van der Waals surface area (Å²) in [6, 6.07) is 4.98. The van der Waals surface area contributed by atoms with Gasteiger partial charge in [-0.25, -0.2) is 28.9 Å². The molecule has 3 atom stereocenters. The monoisotopic (exact) mass is 680 g/mol. The Morgan fingerprint density at radius 3 is 2.08 bits per heavy atom. The van der Waals surface area contributed by atoms with Gasteiger partial charge in [0.15, 0.2) is 46.2 Å². The van der Waals surface area contributed by atoms with E-state index in [0.29, 0.717) is 57.2 Å². The van der Waals surface area contributed by atoms with Gasteiger partial charge in [-0.05, 0) is 36.6 Å². The number of carboxylic acid groups (broad SMARTS) is 1. The summed E-state index contributed by atoms with van der Waals surface area (Å²) in [4.78, 5) is 43.1. The number of aliphatic carboxylic acids is 1. The van der Waals surface area contributed by atoms with Crippen LogP contribution in [0.1, 0.15) is 38.1 Å². The van der Waals surface area contributed by atoms with Gasteiger partial charge in [0.1, 0.15) is 5.76 Å². The van der Waals surface area contributed by atoms with Crippen molar-refractivity contribution in [2.75, 3.05) is 18.6 Å². The van der Waals surface area contributed by atoms with Gasteiger partial charge in [0.2, 0.25) is 23.5 Å². The number of rotatable bonds is 10. The van der Waals surface area contributed by atoms with E-state index in [1.807, 2.05) is 6.92 Å². The maximum atomic E-state index is 12.7. The Morgan fingerprint density at radius 2 is 1.50 bits per heavy atom. The van der Waals surface area contributed by atoms with Crippen LogP contribution in [0, 0.1) is 5.92 Å². The van der Waals surface area contributed by atoms with Crippen molar-refractivity contribution in [2.45, 2.75) is 38.8 Å². The van der Waals surface area contributed by atoms with Gasteiger partial charge >= 0.3 is 11.9 Å². The zero-order valence-corrected chi connectivity index (χ0v) is 26.7. The van der Waals surface area contributed by atoms with E-state index in [2.05, 4.69) is 40.3 Å². The van der Waals surface area contributed by atoms with Gasteiger partial charge in [0, 0.05) is 6.42 Å². The molecule has 8 rings (SSSR count). The topological polar surface area (TPSA) is 264 Å². The Balaban J connectivity index is 1.09. The van der Waals surface area contributed by atoms with Crippen LogP contribution in [0.5, 0.6) is 0 Å². The molecule has 5 N–H and O–H groups in total. The number of nitrogen functional groups attached to an aromatic ring is 2. The van der Waals surface area contributed by atoms with Crippen molar-refractivity contribution in [1.29, 1.82) is 0 Å². The van der Waals surface area contributed by atoms with Crippen LogP contribution in [0.3, 0.4) is 0 Å². The fourth-order valence-corrected chi connectivity index (χ4v) is 6.10. The molecule has 0 bridgehead atoms. The summed E-state index contributed by atoms with van der Waals surface area (Å²) in [5.74, 6) is -0.338. The number of nitrogens with zero attached hydrogens (tertiary/aromatic N) is 12. The molecule has 0 aliphatic heterocycles. The molecule has 0 aliphatic carbocycles. The molecule has 0 amide bonds. The highest BCUT2D eigenvalue weighted by Crippen LogP contribution is 2.31. The van der Waals surface area contributed by atoms with Crippen LogP contribution in [0.15, 0.2) is 51.8 Å². The molecule has 254 valence electrons. The molecular formula is C30H28N14O6. The fourth-order valence-electron chi connectivity index (χ4n) is 6.10. The summed E-state index contributed by atoms with van der Waals surface area (Å²) in [6.07, 6.45) is 5.16. The van der Waals surface area contributed by atoms with Crippen molar-refractivity contribution in [2.24, 2.45) is 5.92 Å². The highest BCUT2D eigenvalue weighted by molar-refractivity contribution is 5.92. The molecule has 8 aromatic rings. The zero-order valence-electron chi connectivity index (χ0n) is 26.7. The predicted octanol–water partition coefficient (Wildman–Crippen LogP) is 2.57. The van der Waals surface area contributed by atoms with Crippen LogP contribution in [0.4, 0.5) is 11.9 Å². The Morgan fingerprint density at radius 1 is 0.880 bits per heavy atom. The third kappa shape index (κ3) is 4.67. The molecule has 20 nitrogen and oxygen atoms in total. The first-order valence-corrected chi connectivity index (χ1v) is 15.4. The predicted molar refractivity (Wildman–Crippen MR) is 173 cm³/mol. The number of ether oxygens (including phenoxy) is 1. The van der Waals surface area contributed by atoms with Gasteiger partial charge in [0.25, 0.3) is 0 Å². The van der Waals surface area contributed by atoms with Crippen molar-refractivity contribution in [3.63, 3.8) is 0 Å². The van der Waals surface area contributed by atoms with Gasteiger partial charge in [-0.1, -0.05) is 13.8 Å². The number of aromatic nitrogens is 12. The largest absolute Gasteiger partial charge is 0.480 e. The zero-order chi connectivity index (χ0) is 34.8. The number of methoxy groups -OCH3 is 1. The maximum absolute atomic E-state index is 12.7. The smallest absolute Gasteiger partial charge is 0.330 e. The van der Waals surface area contributed by atoms with Crippen molar-refractivity contribution in [1.82, 2.24) is 58.7 Å². The van der Waals surface area contributed by atoms with E-state index in [4.69, 9.17) is 25.0 Å². The average Bonchev–Trinajstić information content (AvgIpc) is 3.93. The summed E-state index contributed by atoms with van der Waals surface area (Å²) in [5.41, 5.74) is 13.8. The standard InChI is InChI=1S/C30H28N14O6/c1-4-17(28(47)48-3)41-25-15(11-33-41)23-36-22(40-44(23)29(31)37-25)19-8-7-14(50-19)10-13(2)20(27(45)46)42-26-16(12-34-42)24-35-21(18-6-5-9-49-18)39-43(24)30(32)38-26/h5-9,11-13,17,20H,4,10H2,1-3H3,(H2,31,37)(H2,32,38)(H,45,46). The van der Waals surface area contributed by atoms with Crippen LogP contribution in [0.2, 0.25) is 0 Å². The van der Waals surface area contributed by atoms with Crippen molar-refractivity contribution in [3.05, 3.63) is 48.7 Å². The molecule has 0 fully saturated rings. The molecule has 50 heavy (non-hydrogen) atoms. The lowest BCUT2D eigenvalue weighted by molar-refractivity contribution is -0.145. The first kappa shape index (κ1) is 30.5. The molecule has 0 spiro atoms. The van der Waals surface area contributed by atoms with Crippen LogP contribution in [-0.4, -0.2) is 82.9 Å². The number of esters is 1. The number of carboxylic acids is 1. The highest BCUT2D eigenvalue weighted by atomic mass is 16.5. The van der Waals surface area contributed by atoms with E-state index in [1.165, 1.54) is 44.2 Å². The summed E-state index contributed by atoms with van der Waals surface area (Å²) in [5, 5.41) is 29.0. The van der Waals surface area contributed by atoms with Gasteiger partial charge in [-0.2, -0.15) is 29.2 Å². The second-order valence-corrected chi connectivity index (χ2v) is 11.6. The van der Waals surface area contributed by atoms with E-state index in [0.717, 1.165) is 0 Å². The van der Waals surface area contributed by atoms with Crippen molar-refractivity contribution < 1.29 is 28.3 Å². The summed E-state index contributed by atoms with van der Waals surface area (Å²) in [6.45, 7) is 3.60. The Kier molecular flexibility index (Phi) is 6.94. The molecule has 0 saturated heterocycles. The molecular weight excluding hydrogens is 652 g/mol. The molecule has 20 heteroatoms. The number of hydrogen-bond acceptors (Lipinski definition) is 15. The Bertz CT molecular complexity index is 2570. The summed E-state index contributed by atoms with van der Waals surface area (Å²) in [7, 11) is 1.31. The lowest BCUT2D eigenvalue weighted by atomic mass is 9.97. The van der Waals surface area contributed by atoms with Gasteiger partial charge in [-0.15, -0.1) is 10.2 Å². The number of carbonyl (C=O) groups excluding carboxylic acids is 1. The first-order chi connectivity index (χ1) is 24.2. The summed E-state index contributed by atoms with van der Waals surface area (Å²) >= 11 is 0. The van der Waals surface area contributed by atoms with Crippen LogP contribution in [0.25, 0.3) is 56.5 Å². The summed E-state index contributed by atoms with van der Waals surface area (Å²) < 4.78 is 21.9. The van der Waals surface area contributed by atoms with Gasteiger partial charge in [0.05, 0.1) is 36.5 Å². The highest BCUT2D eigenvalue weighted by Gasteiger charge is 2.32. The molecule has 0 aromatic carbocycles. The van der Waals surface area contributed by atoms with E-state index in [9.17, 15) is 14.7 Å². The van der Waals surface area contributed by atoms with E-state index in [-0.39, 0.29) is 29.8 Å². The van der Waals surface area contributed by atoms with Crippen LogP contribution in [-0.2, 0) is 20.7 Å². The van der Waals surface area contributed by atoms with E-state index in [1.54, 1.807) is 31.2 Å². The SMILES string of the molecule is CCC(C(=O)OC)n1ncc2c1nc(N)n1nc(-c3ccc(CC(C)C(C(=O)O)n4ncc5c4nc(N)n4nc(-c6ccco6)nc54)o3)nc21. The number of nitrogens with two attached hydrogens (primary N) is 2. The van der Waals surface area contributed by atoms with Gasteiger partial charge < -0.3 is 30.1 Å². The average molecular weight is 681 g/mol. The lowest BCUT2D eigenvalue weighted by Crippen LogP contribution is -2.28. The van der Waals surface area contributed by atoms with Crippen molar-refractivity contribution in [3.8, 4) is 23.2 Å². The number of anilines is 2. The minimum Gasteiger partial charge on any atom is -0.480 e. The molecule has 0 radical (unpaired) electrons. The Labute approximate surface area is 279 Å². The third-order valence-corrected chi connectivity index (χ3v) is 8.47. The Hall–Kier alpha value is -6.86.